The van der Waals surface area contributed by atoms with E-state index in [1.807, 2.05) is 41.5 Å². The molecule has 0 saturated carbocycles. The maximum Gasteiger partial charge on any atom is 0.410 e. The van der Waals surface area contributed by atoms with E-state index in [1.165, 1.54) is 0 Å². The van der Waals surface area contributed by atoms with Crippen molar-refractivity contribution in [1.29, 1.82) is 0 Å². The highest BCUT2D eigenvalue weighted by atomic mass is 35.5. The van der Waals surface area contributed by atoms with Crippen molar-refractivity contribution in [2.24, 2.45) is 11.8 Å². The van der Waals surface area contributed by atoms with E-state index < -0.39 is 11.7 Å². The number of carbonyl (C=O) groups excluding carboxylic acids is 2. The number of fused-ring (bicyclic) bond motifs is 2. The van der Waals surface area contributed by atoms with E-state index in [-0.39, 0.29) is 57.6 Å². The van der Waals surface area contributed by atoms with E-state index in [2.05, 4.69) is 15.4 Å². The average Bonchev–Trinajstić information content (AvgIpc) is 2.98. The first-order chi connectivity index (χ1) is 16.8. The number of carbonyl (C=O) groups is 2. The second-order valence-corrected chi connectivity index (χ2v) is 11.5. The molecule has 2 aromatic rings. The number of ketones is 1. The zero-order chi connectivity index (χ0) is 26.5. The van der Waals surface area contributed by atoms with Crippen molar-refractivity contribution >= 4 is 58.3 Å². The number of ether oxygens (including phenoxy) is 2. The summed E-state index contributed by atoms with van der Waals surface area (Å²) in [5.41, 5.74) is 0.326. The van der Waals surface area contributed by atoms with E-state index in [0.717, 1.165) is 0 Å². The van der Waals surface area contributed by atoms with Crippen LogP contribution in [0.1, 0.15) is 63.0 Å². The lowest BCUT2D eigenvalue weighted by Gasteiger charge is -2.37. The van der Waals surface area contributed by atoms with Crippen molar-refractivity contribution < 1.29 is 19.1 Å². The number of rotatable bonds is 3. The first-order valence-corrected chi connectivity index (χ1v) is 13.0. The lowest BCUT2D eigenvalue weighted by molar-refractivity contribution is 0.00721. The van der Waals surface area contributed by atoms with Gasteiger partial charge in [-0.25, -0.2) is 14.5 Å². The van der Waals surface area contributed by atoms with E-state index >= 15 is 0 Å². The van der Waals surface area contributed by atoms with Crippen LogP contribution in [0.4, 0.5) is 16.4 Å². The SMILES string of the molecule is Cc1c(Cl)nn(C(C)C)c1Nc1nc(Cl)c(Cl)c2c1C(=O)C1CCN(C(=O)OC(C)(C)C)C[C@@H]1CO2. The van der Waals surface area contributed by atoms with Crippen molar-refractivity contribution in [2.75, 3.05) is 25.0 Å². The molecule has 1 amide bonds. The van der Waals surface area contributed by atoms with Crippen LogP contribution in [-0.4, -0.2) is 56.8 Å². The standard InChI is InChI=1S/C24H30Cl3N5O4/c1-11(2)32-22(12(3)19(26)30-32)29-21-15-17(33)14-7-8-31(23(34)36-24(4,5)6)9-13(14)10-35-18(15)16(25)20(27)28-21/h11,13-14H,7-10H2,1-6H3,(H,28,29)/t13-,14?/m1/s1. The van der Waals surface area contributed by atoms with Gasteiger partial charge in [-0.15, -0.1) is 0 Å². The third-order valence-corrected chi connectivity index (χ3v) is 7.36. The highest BCUT2D eigenvalue weighted by Gasteiger charge is 2.43. The third kappa shape index (κ3) is 5.10. The van der Waals surface area contributed by atoms with Crippen LogP contribution in [0.25, 0.3) is 0 Å². The Balaban J connectivity index is 1.69. The maximum atomic E-state index is 13.9. The van der Waals surface area contributed by atoms with Crippen molar-refractivity contribution in [3.05, 3.63) is 26.5 Å². The van der Waals surface area contributed by atoms with Crippen LogP contribution in [0.15, 0.2) is 0 Å². The second kappa shape index (κ2) is 9.91. The number of likely N-dealkylation sites (tertiary alicyclic amines) is 1. The fraction of sp³-hybridized carbons (Fsp3) is 0.583. The van der Waals surface area contributed by atoms with E-state index in [9.17, 15) is 9.59 Å². The summed E-state index contributed by atoms with van der Waals surface area (Å²) in [7, 11) is 0. The van der Waals surface area contributed by atoms with Crippen LogP contribution in [0.3, 0.4) is 0 Å². The quantitative estimate of drug-likeness (QED) is 0.440. The van der Waals surface area contributed by atoms with Gasteiger partial charge in [0.2, 0.25) is 0 Å². The minimum absolute atomic E-state index is 0.00494. The molecule has 0 aromatic carbocycles. The minimum atomic E-state index is -0.611. The Morgan fingerprint density at radius 1 is 1.22 bits per heavy atom. The second-order valence-electron chi connectivity index (χ2n) is 10.5. The summed E-state index contributed by atoms with van der Waals surface area (Å²) in [4.78, 5) is 32.6. The van der Waals surface area contributed by atoms with Gasteiger partial charge in [-0.2, -0.15) is 5.10 Å². The summed E-state index contributed by atoms with van der Waals surface area (Å²) >= 11 is 19.1. The number of pyridine rings is 1. The van der Waals surface area contributed by atoms with Crippen LogP contribution >= 0.6 is 34.8 Å². The molecule has 1 unspecified atom stereocenters. The topological polar surface area (TPSA) is 98.6 Å². The lowest BCUT2D eigenvalue weighted by Crippen LogP contribution is -2.48. The lowest BCUT2D eigenvalue weighted by atomic mass is 9.81. The fourth-order valence-electron chi connectivity index (χ4n) is 4.51. The van der Waals surface area contributed by atoms with Gasteiger partial charge in [0.25, 0.3) is 0 Å². The largest absolute Gasteiger partial charge is 0.491 e. The Morgan fingerprint density at radius 2 is 1.92 bits per heavy atom. The Bertz CT molecular complexity index is 1210. The van der Waals surface area contributed by atoms with Gasteiger partial charge in [0.1, 0.15) is 27.8 Å². The number of hydrogen-bond acceptors (Lipinski definition) is 7. The molecule has 2 atom stereocenters. The number of aromatic nitrogens is 3. The molecule has 36 heavy (non-hydrogen) atoms. The van der Waals surface area contributed by atoms with Gasteiger partial charge in [-0.1, -0.05) is 34.8 Å². The molecule has 0 radical (unpaired) electrons. The molecule has 196 valence electrons. The molecule has 2 aliphatic heterocycles. The summed E-state index contributed by atoms with van der Waals surface area (Å²) in [5, 5.41) is 8.02. The van der Waals surface area contributed by atoms with Crippen molar-refractivity contribution in [3.8, 4) is 5.75 Å². The zero-order valence-corrected chi connectivity index (χ0v) is 23.4. The molecular formula is C24H30Cl3N5O4. The van der Waals surface area contributed by atoms with Crippen molar-refractivity contribution in [3.63, 3.8) is 0 Å². The first kappa shape index (κ1) is 26.8. The molecule has 0 spiro atoms. The minimum Gasteiger partial charge on any atom is -0.491 e. The summed E-state index contributed by atoms with van der Waals surface area (Å²) in [5.74, 6) is 0.207. The van der Waals surface area contributed by atoms with Gasteiger partial charge >= 0.3 is 6.09 Å². The summed E-state index contributed by atoms with van der Waals surface area (Å²) in [6.07, 6.45) is 0.0505. The monoisotopic (exact) mass is 557 g/mol. The van der Waals surface area contributed by atoms with Gasteiger partial charge in [0.05, 0.1) is 6.61 Å². The van der Waals surface area contributed by atoms with Crippen LogP contribution in [-0.2, 0) is 4.74 Å². The zero-order valence-electron chi connectivity index (χ0n) is 21.1. The number of halogens is 3. The number of nitrogens with one attached hydrogen (secondary N) is 1. The smallest absolute Gasteiger partial charge is 0.410 e. The molecule has 4 heterocycles. The van der Waals surface area contributed by atoms with Gasteiger partial charge in [0, 0.05) is 36.5 Å². The van der Waals surface area contributed by atoms with E-state index in [0.29, 0.717) is 36.0 Å². The number of hydrogen-bond donors (Lipinski definition) is 1. The molecule has 0 bridgehead atoms. The van der Waals surface area contributed by atoms with Gasteiger partial charge in [-0.3, -0.25) is 4.79 Å². The number of piperidine rings is 1. The van der Waals surface area contributed by atoms with Crippen LogP contribution < -0.4 is 10.1 Å². The van der Waals surface area contributed by atoms with Crippen molar-refractivity contribution in [2.45, 2.75) is 59.6 Å². The normalized spacial score (nSPS) is 19.9. The van der Waals surface area contributed by atoms with Gasteiger partial charge < -0.3 is 19.7 Å². The van der Waals surface area contributed by atoms with Crippen molar-refractivity contribution in [1.82, 2.24) is 19.7 Å². The maximum absolute atomic E-state index is 13.9. The molecule has 2 aromatic heterocycles. The van der Waals surface area contributed by atoms with Crippen LogP contribution in [0, 0.1) is 18.8 Å². The Kier molecular flexibility index (Phi) is 7.38. The number of anilines is 2. The number of amides is 1. The Labute approximate surface area is 225 Å². The highest BCUT2D eigenvalue weighted by Crippen LogP contribution is 2.44. The summed E-state index contributed by atoms with van der Waals surface area (Å²) in [6.45, 7) is 12.1. The number of nitrogens with zero attached hydrogens (tertiary/aromatic N) is 4. The molecule has 12 heteroatoms. The molecule has 1 N–H and O–H groups in total. The van der Waals surface area contributed by atoms with E-state index in [4.69, 9.17) is 44.3 Å². The highest BCUT2D eigenvalue weighted by molar-refractivity contribution is 6.43. The van der Waals surface area contributed by atoms with Gasteiger partial charge in [-0.05, 0) is 48.0 Å². The molecule has 4 rings (SSSR count). The molecular weight excluding hydrogens is 529 g/mol. The molecule has 2 aliphatic rings. The van der Waals surface area contributed by atoms with Crippen LogP contribution in [0.2, 0.25) is 15.3 Å². The van der Waals surface area contributed by atoms with Crippen LogP contribution in [0.5, 0.6) is 5.75 Å². The van der Waals surface area contributed by atoms with Gasteiger partial charge in [0.15, 0.2) is 21.8 Å². The predicted octanol–water partition coefficient (Wildman–Crippen LogP) is 6.32. The Hall–Kier alpha value is -2.23. The molecule has 1 saturated heterocycles. The summed E-state index contributed by atoms with van der Waals surface area (Å²) in [6, 6.07) is -0.00594. The van der Waals surface area contributed by atoms with E-state index in [1.54, 1.807) is 9.58 Å². The molecule has 0 aliphatic carbocycles. The predicted molar refractivity (Wildman–Crippen MR) is 139 cm³/mol. The average molecular weight is 559 g/mol. The molecule has 1 fully saturated rings. The Morgan fingerprint density at radius 3 is 2.56 bits per heavy atom. The molecule has 9 nitrogen and oxygen atoms in total. The summed E-state index contributed by atoms with van der Waals surface area (Å²) < 4.78 is 13.3. The fourth-order valence-corrected chi connectivity index (χ4v) is 5.04. The third-order valence-electron chi connectivity index (χ3n) is 6.28. The number of Topliss-reactive ketones (excluding diaryl/α,β-unsaturated/α-hetero) is 1. The first-order valence-electron chi connectivity index (χ1n) is 11.8.